The van der Waals surface area contributed by atoms with E-state index >= 15 is 0 Å². The molecule has 2 aromatic carbocycles. The van der Waals surface area contributed by atoms with Gasteiger partial charge in [0.1, 0.15) is 6.33 Å². The third kappa shape index (κ3) is 4.45. The Bertz CT molecular complexity index is 1260. The van der Waals surface area contributed by atoms with Crippen molar-refractivity contribution in [2.24, 2.45) is 0 Å². The van der Waals surface area contributed by atoms with Crippen LogP contribution in [0.1, 0.15) is 5.56 Å². The van der Waals surface area contributed by atoms with E-state index in [9.17, 15) is 9.18 Å². The Hall–Kier alpha value is -4.08. The molecule has 0 spiro atoms. The number of amides is 1. The van der Waals surface area contributed by atoms with E-state index in [0.717, 1.165) is 5.56 Å². The molecule has 0 unspecified atom stereocenters. The second kappa shape index (κ2) is 9.19. The number of ether oxygens (including phenoxy) is 1. The summed E-state index contributed by atoms with van der Waals surface area (Å²) in [6.45, 7) is 2.54. The summed E-state index contributed by atoms with van der Waals surface area (Å²) in [5.74, 6) is 0.114. The molecule has 3 heterocycles. The van der Waals surface area contributed by atoms with E-state index in [-0.39, 0.29) is 18.3 Å². The molecule has 4 aromatic rings. The van der Waals surface area contributed by atoms with Crippen LogP contribution in [0.25, 0.3) is 11.2 Å². The van der Waals surface area contributed by atoms with Crippen LogP contribution in [-0.4, -0.2) is 68.6 Å². The molecule has 0 bridgehead atoms. The van der Waals surface area contributed by atoms with Gasteiger partial charge in [0.15, 0.2) is 35.2 Å². The van der Waals surface area contributed by atoms with Crippen molar-refractivity contribution in [2.45, 2.75) is 6.54 Å². The Labute approximate surface area is 189 Å². The number of fused-ring (bicyclic) bond motifs is 1. The molecule has 1 aliphatic heterocycles. The molecule has 1 fully saturated rings. The van der Waals surface area contributed by atoms with Crippen LogP contribution in [0.5, 0.6) is 5.75 Å². The number of piperazine rings is 1. The molecular weight excluding hydrogens is 425 g/mol. The van der Waals surface area contributed by atoms with Crippen molar-refractivity contribution < 1.29 is 13.9 Å². The summed E-state index contributed by atoms with van der Waals surface area (Å²) in [5, 5.41) is 8.60. The molecule has 9 nitrogen and oxygen atoms in total. The first kappa shape index (κ1) is 20.8. The molecule has 168 valence electrons. The molecule has 1 amide bonds. The molecule has 33 heavy (non-hydrogen) atoms. The molecule has 2 aromatic heterocycles. The Morgan fingerprint density at radius 2 is 1.73 bits per heavy atom. The number of benzene rings is 2. The van der Waals surface area contributed by atoms with Gasteiger partial charge in [-0.25, -0.2) is 19.0 Å². The van der Waals surface area contributed by atoms with Gasteiger partial charge < -0.3 is 14.5 Å². The molecule has 0 N–H and O–H groups in total. The number of carbonyl (C=O) groups excluding carboxylic acids is 1. The number of carbonyl (C=O) groups is 1. The van der Waals surface area contributed by atoms with Crippen LogP contribution in [0.3, 0.4) is 0 Å². The Balaban J connectivity index is 1.23. The van der Waals surface area contributed by atoms with Crippen LogP contribution < -0.4 is 9.64 Å². The lowest BCUT2D eigenvalue weighted by Gasteiger charge is -2.35. The van der Waals surface area contributed by atoms with E-state index in [1.54, 1.807) is 21.7 Å². The summed E-state index contributed by atoms with van der Waals surface area (Å²) in [4.78, 5) is 25.1. The van der Waals surface area contributed by atoms with Crippen LogP contribution in [-0.2, 0) is 11.3 Å². The summed E-state index contributed by atoms with van der Waals surface area (Å²) in [7, 11) is 0. The molecule has 1 saturated heterocycles. The van der Waals surface area contributed by atoms with Gasteiger partial charge in [0.05, 0.1) is 6.54 Å². The number of aromatic nitrogens is 5. The summed E-state index contributed by atoms with van der Waals surface area (Å²) in [6.07, 6.45) is 1.52. The van der Waals surface area contributed by atoms with Gasteiger partial charge in [-0.2, -0.15) is 0 Å². The largest absolute Gasteiger partial charge is 0.481 e. The fraction of sp³-hybridized carbons (Fsp3) is 0.261. The van der Waals surface area contributed by atoms with Crippen molar-refractivity contribution in [1.82, 2.24) is 29.9 Å². The average molecular weight is 447 g/mol. The first-order chi connectivity index (χ1) is 16.2. The Kier molecular flexibility index (Phi) is 5.79. The lowest BCUT2D eigenvalue weighted by molar-refractivity contribution is -0.133. The van der Waals surface area contributed by atoms with Gasteiger partial charge in [0, 0.05) is 26.2 Å². The van der Waals surface area contributed by atoms with Crippen molar-refractivity contribution in [3.05, 3.63) is 72.3 Å². The third-order valence-corrected chi connectivity index (χ3v) is 5.58. The molecule has 5 rings (SSSR count). The summed E-state index contributed by atoms with van der Waals surface area (Å²) in [5.41, 5.74) is 2.41. The predicted octanol–water partition coefficient (Wildman–Crippen LogP) is 2.14. The topological polar surface area (TPSA) is 89.3 Å². The quantitative estimate of drug-likeness (QED) is 0.447. The van der Waals surface area contributed by atoms with E-state index in [0.29, 0.717) is 49.7 Å². The normalized spacial score (nSPS) is 14.0. The molecule has 1 aliphatic rings. The monoisotopic (exact) mass is 447 g/mol. The average Bonchev–Trinajstić information content (AvgIpc) is 3.27. The maximum absolute atomic E-state index is 13.7. The van der Waals surface area contributed by atoms with Crippen LogP contribution in [0.2, 0.25) is 0 Å². The lowest BCUT2D eigenvalue weighted by Crippen LogP contribution is -2.50. The van der Waals surface area contributed by atoms with Gasteiger partial charge in [-0.1, -0.05) is 47.7 Å². The summed E-state index contributed by atoms with van der Waals surface area (Å²) < 4.78 is 20.8. The van der Waals surface area contributed by atoms with Crippen molar-refractivity contribution in [2.75, 3.05) is 37.7 Å². The number of hydrogen-bond acceptors (Lipinski definition) is 7. The fourth-order valence-electron chi connectivity index (χ4n) is 3.83. The first-order valence-electron chi connectivity index (χ1n) is 10.7. The molecule has 0 saturated carbocycles. The maximum Gasteiger partial charge on any atom is 0.260 e. The highest BCUT2D eigenvalue weighted by atomic mass is 19.1. The molecular formula is C23H22FN7O2. The summed E-state index contributed by atoms with van der Waals surface area (Å²) in [6, 6.07) is 16.0. The minimum Gasteiger partial charge on any atom is -0.481 e. The minimum absolute atomic E-state index is 0.0754. The highest BCUT2D eigenvalue weighted by molar-refractivity contribution is 5.83. The maximum atomic E-state index is 13.7. The zero-order valence-electron chi connectivity index (χ0n) is 17.8. The molecule has 0 aliphatic carbocycles. The Morgan fingerprint density at radius 1 is 0.970 bits per heavy atom. The third-order valence-electron chi connectivity index (χ3n) is 5.58. The highest BCUT2D eigenvalue weighted by Crippen LogP contribution is 2.22. The van der Waals surface area contributed by atoms with E-state index in [1.165, 1.54) is 18.5 Å². The van der Waals surface area contributed by atoms with Gasteiger partial charge in [-0.15, -0.1) is 5.10 Å². The first-order valence-corrected chi connectivity index (χ1v) is 10.7. The van der Waals surface area contributed by atoms with Crippen molar-refractivity contribution in [3.63, 3.8) is 0 Å². The number of halogens is 1. The van der Waals surface area contributed by atoms with Gasteiger partial charge in [-0.3, -0.25) is 4.79 Å². The second-order valence-electron chi connectivity index (χ2n) is 7.69. The minimum atomic E-state index is -0.483. The van der Waals surface area contributed by atoms with Crippen molar-refractivity contribution in [1.29, 1.82) is 0 Å². The number of hydrogen-bond donors (Lipinski definition) is 0. The fourth-order valence-corrected chi connectivity index (χ4v) is 3.83. The van der Waals surface area contributed by atoms with E-state index in [4.69, 9.17) is 4.74 Å². The van der Waals surface area contributed by atoms with E-state index in [2.05, 4.69) is 25.2 Å². The Morgan fingerprint density at radius 3 is 2.52 bits per heavy atom. The second-order valence-corrected chi connectivity index (χ2v) is 7.69. The number of para-hydroxylation sites is 1. The highest BCUT2D eigenvalue weighted by Gasteiger charge is 2.25. The molecule has 0 radical (unpaired) electrons. The zero-order chi connectivity index (χ0) is 22.6. The van der Waals surface area contributed by atoms with Crippen LogP contribution in [0.4, 0.5) is 10.2 Å². The van der Waals surface area contributed by atoms with Gasteiger partial charge in [0.25, 0.3) is 5.91 Å². The van der Waals surface area contributed by atoms with Crippen LogP contribution in [0.15, 0.2) is 60.9 Å². The lowest BCUT2D eigenvalue weighted by atomic mass is 10.2. The summed E-state index contributed by atoms with van der Waals surface area (Å²) >= 11 is 0. The number of anilines is 1. The van der Waals surface area contributed by atoms with E-state index < -0.39 is 5.82 Å². The van der Waals surface area contributed by atoms with E-state index in [1.807, 2.05) is 30.3 Å². The van der Waals surface area contributed by atoms with Crippen LogP contribution >= 0.6 is 0 Å². The molecule has 0 atom stereocenters. The SMILES string of the molecule is O=C(COc1ccccc1F)N1CCN(c2ncnc3c2nnn3Cc2ccccc2)CC1. The van der Waals surface area contributed by atoms with Crippen molar-refractivity contribution >= 4 is 22.9 Å². The molecule has 10 heteroatoms. The number of rotatable bonds is 6. The zero-order valence-corrected chi connectivity index (χ0v) is 17.8. The van der Waals surface area contributed by atoms with Gasteiger partial charge in [-0.05, 0) is 17.7 Å². The van der Waals surface area contributed by atoms with Gasteiger partial charge in [0.2, 0.25) is 0 Å². The van der Waals surface area contributed by atoms with Crippen molar-refractivity contribution in [3.8, 4) is 5.75 Å². The van der Waals surface area contributed by atoms with Gasteiger partial charge >= 0.3 is 0 Å². The predicted molar refractivity (Wildman–Crippen MR) is 119 cm³/mol. The smallest absolute Gasteiger partial charge is 0.260 e. The standard InChI is InChI=1S/C23H22FN7O2/c24-18-8-4-5-9-19(18)33-15-20(32)29-10-12-30(13-11-29)22-21-23(26-16-25-22)31(28-27-21)14-17-6-2-1-3-7-17/h1-9,16H,10-15H2. The number of nitrogens with zero attached hydrogens (tertiary/aromatic N) is 7. The van der Waals surface area contributed by atoms with Crippen LogP contribution in [0, 0.1) is 5.82 Å².